The first-order chi connectivity index (χ1) is 7.22. The summed E-state index contributed by atoms with van der Waals surface area (Å²) in [6, 6.07) is 6.09. The topological polar surface area (TPSA) is 43.0 Å². The van der Waals surface area contributed by atoms with E-state index in [0.717, 1.165) is 5.82 Å². The van der Waals surface area contributed by atoms with Crippen LogP contribution in [0.5, 0.6) is 0 Å². The van der Waals surface area contributed by atoms with Gasteiger partial charge in [0.1, 0.15) is 0 Å². The van der Waals surface area contributed by atoms with Gasteiger partial charge >= 0.3 is 0 Å². The zero-order valence-electron chi connectivity index (χ0n) is 9.01. The van der Waals surface area contributed by atoms with Crippen LogP contribution in [0.15, 0.2) is 24.4 Å². The summed E-state index contributed by atoms with van der Waals surface area (Å²) in [4.78, 5) is 0. The highest BCUT2D eigenvalue weighted by Crippen LogP contribution is 2.13. The van der Waals surface area contributed by atoms with E-state index in [-0.39, 0.29) is 6.61 Å². The van der Waals surface area contributed by atoms with Crippen LogP contribution in [0, 0.1) is 13.8 Å². The van der Waals surface area contributed by atoms with E-state index >= 15 is 0 Å². The standard InChI is InChI=1S/C11H15N3O/c1-9-3-4-10(2)14(9)11-5-6-13(12-11)7-8-15/h3-6,15H,7-8H2,1-2H3. The summed E-state index contributed by atoms with van der Waals surface area (Å²) in [5.41, 5.74) is 2.34. The van der Waals surface area contributed by atoms with Gasteiger partial charge in [0.15, 0.2) is 5.82 Å². The number of aliphatic hydroxyl groups excluding tert-OH is 1. The van der Waals surface area contributed by atoms with E-state index in [1.807, 2.05) is 12.3 Å². The van der Waals surface area contributed by atoms with E-state index in [9.17, 15) is 0 Å². The first kappa shape index (κ1) is 9.98. The summed E-state index contributed by atoms with van der Waals surface area (Å²) in [5.74, 6) is 0.906. The van der Waals surface area contributed by atoms with E-state index in [1.54, 1.807) is 4.68 Å². The average Bonchev–Trinajstić information content (AvgIpc) is 2.75. The van der Waals surface area contributed by atoms with Crippen molar-refractivity contribution in [2.75, 3.05) is 6.61 Å². The van der Waals surface area contributed by atoms with Crippen LogP contribution < -0.4 is 0 Å². The summed E-state index contributed by atoms with van der Waals surface area (Å²) >= 11 is 0. The van der Waals surface area contributed by atoms with Gasteiger partial charge in [0, 0.05) is 23.7 Å². The third kappa shape index (κ3) is 1.80. The Kier molecular flexibility index (Phi) is 2.60. The van der Waals surface area contributed by atoms with Gasteiger partial charge < -0.3 is 9.67 Å². The highest BCUT2D eigenvalue weighted by Gasteiger charge is 2.06. The third-order valence-corrected chi connectivity index (χ3v) is 2.46. The zero-order chi connectivity index (χ0) is 10.8. The summed E-state index contributed by atoms with van der Waals surface area (Å²) in [6.45, 7) is 4.76. The number of nitrogens with zero attached hydrogens (tertiary/aromatic N) is 3. The molecule has 0 amide bonds. The number of hydrogen-bond donors (Lipinski definition) is 1. The van der Waals surface area contributed by atoms with Gasteiger partial charge in [-0.05, 0) is 26.0 Å². The molecule has 4 nitrogen and oxygen atoms in total. The number of aromatic nitrogens is 3. The van der Waals surface area contributed by atoms with Crippen LogP contribution in [0.2, 0.25) is 0 Å². The van der Waals surface area contributed by atoms with Crippen LogP contribution in [0.25, 0.3) is 5.82 Å². The molecule has 0 aromatic carbocycles. The Bertz CT molecular complexity index is 437. The molecule has 2 aromatic heterocycles. The number of rotatable bonds is 3. The van der Waals surface area contributed by atoms with Gasteiger partial charge in [0.25, 0.3) is 0 Å². The molecule has 2 rings (SSSR count). The highest BCUT2D eigenvalue weighted by molar-refractivity contribution is 5.30. The lowest BCUT2D eigenvalue weighted by Crippen LogP contribution is -2.05. The Morgan fingerprint density at radius 3 is 2.47 bits per heavy atom. The van der Waals surface area contributed by atoms with Crippen LogP contribution in [-0.2, 0) is 6.54 Å². The Morgan fingerprint density at radius 1 is 1.20 bits per heavy atom. The van der Waals surface area contributed by atoms with E-state index in [1.165, 1.54) is 11.4 Å². The maximum atomic E-state index is 8.80. The average molecular weight is 205 g/mol. The lowest BCUT2D eigenvalue weighted by Gasteiger charge is -2.04. The quantitative estimate of drug-likeness (QED) is 0.820. The molecule has 0 unspecified atom stereocenters. The van der Waals surface area contributed by atoms with Crippen molar-refractivity contribution in [3.8, 4) is 5.82 Å². The third-order valence-electron chi connectivity index (χ3n) is 2.46. The van der Waals surface area contributed by atoms with E-state index in [2.05, 4.69) is 35.6 Å². The molecule has 0 saturated carbocycles. The van der Waals surface area contributed by atoms with Gasteiger partial charge in [-0.3, -0.25) is 4.68 Å². The van der Waals surface area contributed by atoms with Gasteiger partial charge in [-0.15, -0.1) is 0 Å². The van der Waals surface area contributed by atoms with Crippen LogP contribution in [0.3, 0.4) is 0 Å². The van der Waals surface area contributed by atoms with Crippen molar-refractivity contribution in [1.29, 1.82) is 0 Å². The Morgan fingerprint density at radius 2 is 1.87 bits per heavy atom. The smallest absolute Gasteiger partial charge is 0.159 e. The molecule has 4 heteroatoms. The molecular weight excluding hydrogens is 190 g/mol. The monoisotopic (exact) mass is 205 g/mol. The predicted octanol–water partition coefficient (Wildman–Crippen LogP) is 1.28. The highest BCUT2D eigenvalue weighted by atomic mass is 16.3. The SMILES string of the molecule is Cc1ccc(C)n1-c1ccn(CCO)n1. The molecular formula is C11H15N3O. The number of aliphatic hydroxyl groups is 1. The molecule has 15 heavy (non-hydrogen) atoms. The van der Waals surface area contributed by atoms with Crippen LogP contribution in [-0.4, -0.2) is 26.1 Å². The van der Waals surface area contributed by atoms with Crippen LogP contribution >= 0.6 is 0 Å². The summed E-state index contributed by atoms with van der Waals surface area (Å²) in [6.07, 6.45) is 1.88. The number of aryl methyl sites for hydroxylation is 2. The summed E-state index contributed by atoms with van der Waals surface area (Å²) < 4.78 is 3.84. The molecule has 0 radical (unpaired) electrons. The molecule has 2 heterocycles. The molecule has 0 atom stereocenters. The van der Waals surface area contributed by atoms with Crippen LogP contribution in [0.4, 0.5) is 0 Å². The number of hydrogen-bond acceptors (Lipinski definition) is 2. The van der Waals surface area contributed by atoms with Gasteiger partial charge in [-0.2, -0.15) is 5.10 Å². The van der Waals surface area contributed by atoms with Gasteiger partial charge in [-0.25, -0.2) is 0 Å². The second-order valence-corrected chi connectivity index (χ2v) is 3.61. The van der Waals surface area contributed by atoms with Gasteiger partial charge in [0.2, 0.25) is 0 Å². The van der Waals surface area contributed by atoms with Gasteiger partial charge in [-0.1, -0.05) is 0 Å². The van der Waals surface area contributed by atoms with Crippen molar-refractivity contribution in [2.24, 2.45) is 0 Å². The van der Waals surface area contributed by atoms with Crippen molar-refractivity contribution in [2.45, 2.75) is 20.4 Å². The maximum Gasteiger partial charge on any atom is 0.159 e. The molecule has 80 valence electrons. The lowest BCUT2D eigenvalue weighted by molar-refractivity contribution is 0.269. The van der Waals surface area contributed by atoms with E-state index < -0.39 is 0 Å². The Labute approximate surface area is 88.8 Å². The second kappa shape index (κ2) is 3.90. The van der Waals surface area contributed by atoms with Crippen molar-refractivity contribution in [1.82, 2.24) is 14.3 Å². The fourth-order valence-electron chi connectivity index (χ4n) is 1.73. The fraction of sp³-hybridized carbons (Fsp3) is 0.364. The molecule has 0 aliphatic rings. The minimum Gasteiger partial charge on any atom is -0.394 e. The normalized spacial score (nSPS) is 10.9. The van der Waals surface area contributed by atoms with E-state index in [0.29, 0.717) is 6.54 Å². The largest absolute Gasteiger partial charge is 0.394 e. The van der Waals surface area contributed by atoms with Gasteiger partial charge in [0.05, 0.1) is 13.2 Å². The first-order valence-corrected chi connectivity index (χ1v) is 5.02. The second-order valence-electron chi connectivity index (χ2n) is 3.61. The zero-order valence-corrected chi connectivity index (χ0v) is 9.01. The molecule has 0 fully saturated rings. The first-order valence-electron chi connectivity index (χ1n) is 5.02. The Balaban J connectivity index is 2.37. The molecule has 0 spiro atoms. The van der Waals surface area contributed by atoms with Crippen molar-refractivity contribution in [3.63, 3.8) is 0 Å². The maximum absolute atomic E-state index is 8.80. The molecule has 0 aliphatic heterocycles. The van der Waals surface area contributed by atoms with Crippen molar-refractivity contribution >= 4 is 0 Å². The Hall–Kier alpha value is -1.55. The minimum atomic E-state index is 0.116. The summed E-state index contributed by atoms with van der Waals surface area (Å²) in [7, 11) is 0. The van der Waals surface area contributed by atoms with Crippen molar-refractivity contribution < 1.29 is 5.11 Å². The molecule has 1 N–H and O–H groups in total. The fourth-order valence-corrected chi connectivity index (χ4v) is 1.73. The summed E-state index contributed by atoms with van der Waals surface area (Å²) in [5, 5.41) is 13.2. The van der Waals surface area contributed by atoms with Crippen LogP contribution in [0.1, 0.15) is 11.4 Å². The van der Waals surface area contributed by atoms with Crippen molar-refractivity contribution in [3.05, 3.63) is 35.8 Å². The van der Waals surface area contributed by atoms with E-state index in [4.69, 9.17) is 5.11 Å². The molecule has 2 aromatic rings. The minimum absolute atomic E-state index is 0.116. The molecule has 0 bridgehead atoms. The molecule has 0 saturated heterocycles. The lowest BCUT2D eigenvalue weighted by atomic mass is 10.5. The predicted molar refractivity (Wildman–Crippen MR) is 58.1 cm³/mol. The molecule has 0 aliphatic carbocycles.